The zero-order valence-electron chi connectivity index (χ0n) is 11.6. The molecule has 1 atom stereocenters. The minimum atomic E-state index is -0.273. The summed E-state index contributed by atoms with van der Waals surface area (Å²) in [6, 6.07) is 7.97. The van der Waals surface area contributed by atoms with Gasteiger partial charge in [-0.3, -0.25) is 4.79 Å². The quantitative estimate of drug-likeness (QED) is 0.610. The molecule has 0 radical (unpaired) electrons. The smallest absolute Gasteiger partial charge is 0.256 e. The van der Waals surface area contributed by atoms with Gasteiger partial charge in [-0.05, 0) is 69.5 Å². The van der Waals surface area contributed by atoms with Crippen LogP contribution in [0.25, 0.3) is 0 Å². The molecule has 0 aliphatic rings. The van der Waals surface area contributed by atoms with Crippen molar-refractivity contribution in [2.75, 3.05) is 6.54 Å². The Balaban J connectivity index is 2.28. The molecule has 6 heteroatoms. The van der Waals surface area contributed by atoms with E-state index in [2.05, 4.69) is 31.9 Å². The first kappa shape index (κ1) is 16.6. The molecule has 0 saturated carbocycles. The van der Waals surface area contributed by atoms with Crippen LogP contribution in [-0.2, 0) is 0 Å². The van der Waals surface area contributed by atoms with Gasteiger partial charge in [-0.15, -0.1) is 11.3 Å². The number of benzene rings is 1. The third kappa shape index (κ3) is 3.73. The van der Waals surface area contributed by atoms with E-state index in [-0.39, 0.29) is 17.8 Å². The molecule has 0 aliphatic carbocycles. The van der Waals surface area contributed by atoms with Crippen LogP contribution in [0.3, 0.4) is 0 Å². The van der Waals surface area contributed by atoms with Gasteiger partial charge < -0.3 is 4.90 Å². The van der Waals surface area contributed by atoms with E-state index in [1.54, 1.807) is 17.0 Å². The summed E-state index contributed by atoms with van der Waals surface area (Å²) in [5, 5.41) is 0. The van der Waals surface area contributed by atoms with Crippen molar-refractivity contribution in [3.05, 3.63) is 54.8 Å². The van der Waals surface area contributed by atoms with Gasteiger partial charge in [0, 0.05) is 6.54 Å². The third-order valence-corrected chi connectivity index (χ3v) is 5.65. The highest BCUT2D eigenvalue weighted by Gasteiger charge is 2.24. The maximum atomic E-state index is 13.0. The Kier molecular flexibility index (Phi) is 5.57. The first-order chi connectivity index (χ1) is 9.93. The van der Waals surface area contributed by atoms with Crippen molar-refractivity contribution in [2.45, 2.75) is 19.9 Å². The average Bonchev–Trinajstić information content (AvgIpc) is 2.79. The van der Waals surface area contributed by atoms with Gasteiger partial charge >= 0.3 is 0 Å². The molecular weight excluding hydrogens is 421 g/mol. The molecule has 0 fully saturated rings. The first-order valence-electron chi connectivity index (χ1n) is 6.45. The molecule has 2 nitrogen and oxygen atoms in total. The zero-order valence-corrected chi connectivity index (χ0v) is 15.6. The Morgan fingerprint density at radius 3 is 2.43 bits per heavy atom. The highest BCUT2D eigenvalue weighted by atomic mass is 79.9. The first-order valence-corrected chi connectivity index (χ1v) is 8.85. The highest BCUT2D eigenvalue weighted by Crippen LogP contribution is 2.34. The van der Waals surface area contributed by atoms with Crippen molar-refractivity contribution in [1.82, 2.24) is 4.90 Å². The number of hydrogen-bond acceptors (Lipinski definition) is 2. The second kappa shape index (κ2) is 7.03. The SMILES string of the molecule is CCN(C(=O)c1cc(Br)sc1Br)C(C)c1ccc(F)cc1. The summed E-state index contributed by atoms with van der Waals surface area (Å²) in [5.74, 6) is -0.312. The minimum absolute atomic E-state index is 0.0387. The van der Waals surface area contributed by atoms with E-state index in [0.29, 0.717) is 12.1 Å². The lowest BCUT2D eigenvalue weighted by Crippen LogP contribution is -2.33. The van der Waals surface area contributed by atoms with E-state index in [0.717, 1.165) is 13.1 Å². The fourth-order valence-electron chi connectivity index (χ4n) is 2.16. The number of thiophene rings is 1. The molecule has 0 aliphatic heterocycles. The summed E-state index contributed by atoms with van der Waals surface area (Å²) in [6.45, 7) is 4.47. The van der Waals surface area contributed by atoms with Gasteiger partial charge in [0.25, 0.3) is 5.91 Å². The summed E-state index contributed by atoms with van der Waals surface area (Å²) in [4.78, 5) is 14.5. The molecular formula is C15H14Br2FNOS. The summed E-state index contributed by atoms with van der Waals surface area (Å²) >= 11 is 8.28. The molecule has 1 aromatic carbocycles. The summed E-state index contributed by atoms with van der Waals surface area (Å²) in [5.41, 5.74) is 1.56. The molecule has 2 aromatic rings. The van der Waals surface area contributed by atoms with Crippen molar-refractivity contribution in [3.8, 4) is 0 Å². The Hall–Kier alpha value is -0.720. The molecule has 21 heavy (non-hydrogen) atoms. The van der Waals surface area contributed by atoms with Gasteiger partial charge in [0.1, 0.15) is 5.82 Å². The lowest BCUT2D eigenvalue weighted by molar-refractivity contribution is 0.0702. The third-order valence-electron chi connectivity index (χ3n) is 3.31. The van der Waals surface area contributed by atoms with Gasteiger partial charge in [-0.1, -0.05) is 12.1 Å². The topological polar surface area (TPSA) is 20.3 Å². The van der Waals surface area contributed by atoms with Crippen LogP contribution in [0.4, 0.5) is 4.39 Å². The molecule has 1 heterocycles. The number of carbonyl (C=O) groups is 1. The Labute approximate surface area is 144 Å². The van der Waals surface area contributed by atoms with E-state index in [1.807, 2.05) is 19.9 Å². The maximum Gasteiger partial charge on any atom is 0.256 e. The van der Waals surface area contributed by atoms with Crippen molar-refractivity contribution in [2.24, 2.45) is 0 Å². The summed E-state index contributed by atoms with van der Waals surface area (Å²) < 4.78 is 14.7. The predicted molar refractivity (Wildman–Crippen MR) is 91.2 cm³/mol. The molecule has 0 spiro atoms. The van der Waals surface area contributed by atoms with Gasteiger partial charge in [0.2, 0.25) is 0 Å². The second-order valence-electron chi connectivity index (χ2n) is 4.56. The predicted octanol–water partition coefficient (Wildman–Crippen LogP) is 5.64. The largest absolute Gasteiger partial charge is 0.332 e. The fourth-order valence-corrected chi connectivity index (χ4v) is 4.93. The zero-order chi connectivity index (χ0) is 15.6. The van der Waals surface area contributed by atoms with Crippen LogP contribution < -0.4 is 0 Å². The number of halogens is 3. The van der Waals surface area contributed by atoms with E-state index in [4.69, 9.17) is 0 Å². The molecule has 0 bridgehead atoms. The Morgan fingerprint density at radius 2 is 1.95 bits per heavy atom. The lowest BCUT2D eigenvalue weighted by atomic mass is 10.1. The molecule has 1 amide bonds. The van der Waals surface area contributed by atoms with Gasteiger partial charge in [0.05, 0.1) is 19.2 Å². The van der Waals surface area contributed by atoms with Gasteiger partial charge in [0.15, 0.2) is 0 Å². The summed E-state index contributed by atoms with van der Waals surface area (Å²) in [6.07, 6.45) is 0. The van der Waals surface area contributed by atoms with Crippen molar-refractivity contribution in [1.29, 1.82) is 0 Å². The summed E-state index contributed by atoms with van der Waals surface area (Å²) in [7, 11) is 0. The van der Waals surface area contributed by atoms with Crippen molar-refractivity contribution < 1.29 is 9.18 Å². The normalized spacial score (nSPS) is 12.2. The minimum Gasteiger partial charge on any atom is -0.332 e. The Morgan fingerprint density at radius 1 is 1.33 bits per heavy atom. The van der Waals surface area contributed by atoms with Crippen LogP contribution >= 0.6 is 43.2 Å². The van der Waals surface area contributed by atoms with Crippen molar-refractivity contribution in [3.63, 3.8) is 0 Å². The van der Waals surface area contributed by atoms with E-state index >= 15 is 0 Å². The molecule has 0 saturated heterocycles. The van der Waals surface area contributed by atoms with Crippen LogP contribution in [0, 0.1) is 5.82 Å². The number of rotatable bonds is 4. The van der Waals surface area contributed by atoms with Gasteiger partial charge in [-0.25, -0.2) is 4.39 Å². The number of hydrogen-bond donors (Lipinski definition) is 0. The molecule has 1 aromatic heterocycles. The molecule has 2 rings (SSSR count). The average molecular weight is 435 g/mol. The number of nitrogens with zero attached hydrogens (tertiary/aromatic N) is 1. The van der Waals surface area contributed by atoms with Gasteiger partial charge in [-0.2, -0.15) is 0 Å². The highest BCUT2D eigenvalue weighted by molar-refractivity contribution is 9.12. The number of carbonyl (C=O) groups excluding carboxylic acids is 1. The maximum absolute atomic E-state index is 13.0. The molecule has 112 valence electrons. The lowest BCUT2D eigenvalue weighted by Gasteiger charge is -2.28. The van der Waals surface area contributed by atoms with Crippen LogP contribution in [0.15, 0.2) is 37.9 Å². The standard InChI is InChI=1S/C15H14Br2FNOS/c1-3-19(9(2)10-4-6-11(18)7-5-10)15(20)12-8-13(16)21-14(12)17/h4-9H,3H2,1-2H3. The fraction of sp³-hybridized carbons (Fsp3) is 0.267. The Bertz CT molecular complexity index is 642. The van der Waals surface area contributed by atoms with Crippen LogP contribution in [0.5, 0.6) is 0 Å². The van der Waals surface area contributed by atoms with Crippen LogP contribution in [-0.4, -0.2) is 17.4 Å². The van der Waals surface area contributed by atoms with E-state index in [1.165, 1.54) is 23.5 Å². The molecule has 0 N–H and O–H groups in total. The monoisotopic (exact) mass is 433 g/mol. The van der Waals surface area contributed by atoms with E-state index in [9.17, 15) is 9.18 Å². The second-order valence-corrected chi connectivity index (χ2v) is 8.31. The van der Waals surface area contributed by atoms with Crippen molar-refractivity contribution >= 4 is 49.1 Å². The van der Waals surface area contributed by atoms with Crippen LogP contribution in [0.2, 0.25) is 0 Å². The van der Waals surface area contributed by atoms with E-state index < -0.39 is 0 Å². The molecule has 1 unspecified atom stereocenters. The van der Waals surface area contributed by atoms with Crippen LogP contribution in [0.1, 0.15) is 35.8 Å². The number of amides is 1.